The third-order valence-corrected chi connectivity index (χ3v) is 6.99. The topological polar surface area (TPSA) is 79.7 Å². The van der Waals surface area contributed by atoms with Gasteiger partial charge in [-0.2, -0.15) is 0 Å². The van der Waals surface area contributed by atoms with Gasteiger partial charge in [-0.1, -0.05) is 6.07 Å². The number of aliphatic hydroxyl groups excluding tert-OH is 1. The number of likely N-dealkylation sites (tertiary alicyclic amines) is 1. The minimum atomic E-state index is -0.536. The fraction of sp³-hybridized carbons (Fsp3) is 0.375. The first-order valence-corrected chi connectivity index (χ1v) is 11.6. The number of nitrogens with zero attached hydrogens (tertiary/aromatic N) is 2. The lowest BCUT2D eigenvalue weighted by atomic mass is 10.0. The molecule has 1 aliphatic carbocycles. The van der Waals surface area contributed by atoms with Crippen molar-refractivity contribution in [3.8, 4) is 11.5 Å². The lowest BCUT2D eigenvalue weighted by Crippen LogP contribution is -2.28. The number of amides is 1. The number of hydrogen-bond donors (Lipinski definition) is 1. The molecule has 5 rings (SSSR count). The molecule has 1 amide bonds. The largest absolute Gasteiger partial charge is 0.453 e. The number of fused-ring (bicyclic) bond motifs is 1. The average molecular weight is 455 g/mol. The summed E-state index contributed by atoms with van der Waals surface area (Å²) in [4.78, 5) is 31.2. The van der Waals surface area contributed by atoms with Crippen molar-refractivity contribution in [3.05, 3.63) is 52.8 Å². The number of Topliss-reactive ketones (excluding diaryl/α,β-unsaturated/α-hetero) is 1. The van der Waals surface area contributed by atoms with Gasteiger partial charge in [0.25, 0.3) is 5.91 Å². The summed E-state index contributed by atoms with van der Waals surface area (Å²) >= 11 is 1.24. The Kier molecular flexibility index (Phi) is 5.65. The van der Waals surface area contributed by atoms with Crippen LogP contribution in [0.3, 0.4) is 0 Å². The normalized spacial score (nSPS) is 18.3. The number of halogens is 1. The number of ketones is 1. The zero-order chi connectivity index (χ0) is 22.2. The second-order valence-electron chi connectivity index (χ2n) is 8.56. The maximum absolute atomic E-state index is 14.7. The lowest BCUT2D eigenvalue weighted by molar-refractivity contribution is -0.118. The molecule has 0 bridgehead atoms. The predicted molar refractivity (Wildman–Crippen MR) is 119 cm³/mol. The van der Waals surface area contributed by atoms with Crippen LogP contribution < -0.4 is 4.74 Å². The summed E-state index contributed by atoms with van der Waals surface area (Å²) in [7, 11) is 0. The zero-order valence-electron chi connectivity index (χ0n) is 17.4. The summed E-state index contributed by atoms with van der Waals surface area (Å²) in [5.41, 5.74) is 1.23. The van der Waals surface area contributed by atoms with Gasteiger partial charge in [-0.15, -0.1) is 11.3 Å². The second-order valence-corrected chi connectivity index (χ2v) is 9.61. The molecule has 1 aliphatic heterocycles. The molecule has 1 N–H and O–H groups in total. The number of aromatic nitrogens is 1. The van der Waals surface area contributed by atoms with Crippen LogP contribution in [0.15, 0.2) is 36.5 Å². The molecule has 3 heterocycles. The molecule has 1 atom stereocenters. The van der Waals surface area contributed by atoms with Gasteiger partial charge in [0.15, 0.2) is 11.6 Å². The predicted octanol–water partition coefficient (Wildman–Crippen LogP) is 4.35. The number of thiophene rings is 1. The number of carbonyl (C=O) groups excluding carboxylic acids is 2. The number of rotatable bonds is 7. The van der Waals surface area contributed by atoms with E-state index in [9.17, 15) is 19.1 Å². The molecule has 3 aromatic rings. The molecular weight excluding hydrogens is 431 g/mol. The Morgan fingerprint density at radius 1 is 1.19 bits per heavy atom. The first kappa shape index (κ1) is 21.0. The number of carbonyl (C=O) groups is 2. The van der Waals surface area contributed by atoms with Gasteiger partial charge in [-0.05, 0) is 48.9 Å². The third-order valence-electron chi connectivity index (χ3n) is 5.87. The number of benzene rings is 1. The van der Waals surface area contributed by atoms with Gasteiger partial charge in [-0.25, -0.2) is 4.39 Å². The quantitative estimate of drug-likeness (QED) is 0.574. The summed E-state index contributed by atoms with van der Waals surface area (Å²) in [6.45, 7) is 0.844. The Labute approximate surface area is 188 Å². The van der Waals surface area contributed by atoms with Gasteiger partial charge < -0.3 is 14.7 Å². The van der Waals surface area contributed by atoms with Crippen LogP contribution >= 0.6 is 11.3 Å². The van der Waals surface area contributed by atoms with E-state index in [0.29, 0.717) is 58.3 Å². The highest BCUT2D eigenvalue weighted by Crippen LogP contribution is 2.37. The fourth-order valence-electron chi connectivity index (χ4n) is 3.98. The van der Waals surface area contributed by atoms with Gasteiger partial charge in [0.05, 0.1) is 21.2 Å². The molecule has 2 aliphatic rings. The SMILES string of the molecule is O=C(Cc1ccc(Oc2ccnc3cc(C(=O)N4CC[C@@H](O)C4)sc23)c(F)c1)CC1CC1. The van der Waals surface area contributed by atoms with Gasteiger partial charge in [0, 0.05) is 38.2 Å². The van der Waals surface area contributed by atoms with E-state index >= 15 is 0 Å². The Morgan fingerprint density at radius 3 is 2.75 bits per heavy atom. The van der Waals surface area contributed by atoms with Crippen molar-refractivity contribution in [1.82, 2.24) is 9.88 Å². The van der Waals surface area contributed by atoms with Crippen molar-refractivity contribution >= 4 is 33.2 Å². The van der Waals surface area contributed by atoms with E-state index in [1.165, 1.54) is 23.5 Å². The van der Waals surface area contributed by atoms with E-state index in [1.54, 1.807) is 29.3 Å². The van der Waals surface area contributed by atoms with Crippen molar-refractivity contribution in [2.24, 2.45) is 5.92 Å². The zero-order valence-corrected chi connectivity index (χ0v) is 18.2. The fourth-order valence-corrected chi connectivity index (χ4v) is 5.02. The van der Waals surface area contributed by atoms with Crippen LogP contribution in [0.5, 0.6) is 11.5 Å². The van der Waals surface area contributed by atoms with Crippen LogP contribution in [0.2, 0.25) is 0 Å². The molecule has 1 saturated heterocycles. The molecular formula is C24H23FN2O4S. The van der Waals surface area contributed by atoms with Crippen LogP contribution in [0, 0.1) is 11.7 Å². The van der Waals surface area contributed by atoms with Crippen LogP contribution in [-0.2, 0) is 11.2 Å². The van der Waals surface area contributed by atoms with Crippen molar-refractivity contribution in [2.45, 2.75) is 38.2 Å². The van der Waals surface area contributed by atoms with E-state index in [-0.39, 0.29) is 23.9 Å². The molecule has 0 unspecified atom stereocenters. The second kappa shape index (κ2) is 8.60. The number of pyridine rings is 1. The summed E-state index contributed by atoms with van der Waals surface area (Å²) in [5.74, 6) is 0.434. The molecule has 0 radical (unpaired) electrons. The van der Waals surface area contributed by atoms with Crippen LogP contribution in [0.25, 0.3) is 10.2 Å². The molecule has 0 spiro atoms. The van der Waals surface area contributed by atoms with Gasteiger partial charge in [0.1, 0.15) is 11.5 Å². The highest BCUT2D eigenvalue weighted by molar-refractivity contribution is 7.21. The van der Waals surface area contributed by atoms with E-state index in [4.69, 9.17) is 4.74 Å². The highest BCUT2D eigenvalue weighted by Gasteiger charge is 2.27. The Balaban J connectivity index is 1.34. The smallest absolute Gasteiger partial charge is 0.264 e. The number of aliphatic hydroxyl groups is 1. The molecule has 166 valence electrons. The molecule has 2 aromatic heterocycles. The van der Waals surface area contributed by atoms with Crippen molar-refractivity contribution in [1.29, 1.82) is 0 Å². The molecule has 2 fully saturated rings. The van der Waals surface area contributed by atoms with Crippen LogP contribution in [0.1, 0.15) is 40.9 Å². The minimum Gasteiger partial charge on any atom is -0.453 e. The molecule has 1 saturated carbocycles. The molecule has 32 heavy (non-hydrogen) atoms. The van der Waals surface area contributed by atoms with Gasteiger partial charge in [0.2, 0.25) is 0 Å². The van der Waals surface area contributed by atoms with Gasteiger partial charge in [-0.3, -0.25) is 14.6 Å². The van der Waals surface area contributed by atoms with Crippen LogP contribution in [0.4, 0.5) is 4.39 Å². The monoisotopic (exact) mass is 454 g/mol. The summed E-state index contributed by atoms with van der Waals surface area (Å²) in [5, 5.41) is 9.70. The summed E-state index contributed by atoms with van der Waals surface area (Å²) in [6.07, 6.45) is 4.68. The van der Waals surface area contributed by atoms with Crippen molar-refractivity contribution in [3.63, 3.8) is 0 Å². The molecule has 1 aromatic carbocycles. The van der Waals surface area contributed by atoms with Crippen molar-refractivity contribution in [2.75, 3.05) is 13.1 Å². The lowest BCUT2D eigenvalue weighted by Gasteiger charge is -2.13. The summed E-state index contributed by atoms with van der Waals surface area (Å²) in [6, 6.07) is 7.93. The molecule has 8 heteroatoms. The van der Waals surface area contributed by atoms with Crippen LogP contribution in [-0.4, -0.2) is 45.9 Å². The summed E-state index contributed by atoms with van der Waals surface area (Å²) < 4.78 is 21.2. The Hall–Kier alpha value is -2.84. The van der Waals surface area contributed by atoms with E-state index in [0.717, 1.165) is 12.8 Å². The van der Waals surface area contributed by atoms with E-state index < -0.39 is 11.9 Å². The standard InChI is InChI=1S/C24H23FN2O4S/c25-18-11-15(10-17(29)9-14-1-2-14)3-4-20(18)31-21-5-7-26-19-12-22(32-23(19)21)24(30)27-8-6-16(28)13-27/h3-5,7,11-12,14,16,28H,1-2,6,8-10,13H2/t16-/m1/s1. The first-order valence-electron chi connectivity index (χ1n) is 10.8. The first-order chi connectivity index (χ1) is 15.5. The Bertz CT molecular complexity index is 1190. The molecule has 6 nitrogen and oxygen atoms in total. The maximum Gasteiger partial charge on any atom is 0.264 e. The third kappa shape index (κ3) is 4.52. The average Bonchev–Trinajstić information content (AvgIpc) is 3.28. The highest BCUT2D eigenvalue weighted by atomic mass is 32.1. The number of β-amino-alcohol motifs (C(OH)–C–C–N with tert-alkyl or cyclic N) is 1. The van der Waals surface area contributed by atoms with Crippen molar-refractivity contribution < 1.29 is 23.8 Å². The maximum atomic E-state index is 14.7. The minimum absolute atomic E-state index is 0.0554. The number of hydrogen-bond acceptors (Lipinski definition) is 6. The Morgan fingerprint density at radius 2 is 2.03 bits per heavy atom. The van der Waals surface area contributed by atoms with E-state index in [1.807, 2.05) is 0 Å². The van der Waals surface area contributed by atoms with E-state index in [2.05, 4.69) is 4.98 Å². The number of ether oxygens (including phenoxy) is 1. The van der Waals surface area contributed by atoms with Gasteiger partial charge >= 0.3 is 0 Å².